The molecule has 0 saturated heterocycles. The Hall–Kier alpha value is -1.84. The van der Waals surface area contributed by atoms with Crippen molar-refractivity contribution in [1.29, 1.82) is 0 Å². The molecule has 0 saturated carbocycles. The third kappa shape index (κ3) is 88.2. The van der Waals surface area contributed by atoms with Crippen molar-refractivity contribution in [3.63, 3.8) is 0 Å². The van der Waals surface area contributed by atoms with Crippen LogP contribution < -0.4 is 0 Å². The van der Waals surface area contributed by atoms with Crippen LogP contribution in [0.3, 0.4) is 0 Å². The fraction of sp³-hybridized carbons (Fsp3) is 0.733. The quantitative estimate of drug-likeness (QED) is 0.352. The van der Waals surface area contributed by atoms with Gasteiger partial charge < -0.3 is 9.53 Å². The van der Waals surface area contributed by atoms with E-state index >= 15 is 0 Å². The standard InChI is InChI=1S/C5H10O3.C4H6O3.C3H8O2.C3H6O/c1-4(2)7-8-5(3)6;1-3(5)7-4(2)6;1-3(2)5-4;1-3(2)4/h4H,1-3H3;1-2H3;3-4H,1-2H3;1-2H3. The number of ether oxygens (including phenoxy) is 1. The first kappa shape index (κ1) is 30.1. The lowest BCUT2D eigenvalue weighted by Crippen LogP contribution is -2.06. The Balaban J connectivity index is -0.000000115. The van der Waals surface area contributed by atoms with Crippen LogP contribution in [0.1, 0.15) is 62.3 Å². The summed E-state index contributed by atoms with van der Waals surface area (Å²) in [6.45, 7) is 13.8. The molecule has 0 aliphatic carbocycles. The average molecular weight is 354 g/mol. The molecule has 0 fully saturated rings. The molecular formula is C15H30O9. The maximum absolute atomic E-state index is 10.0. The van der Waals surface area contributed by atoms with Crippen LogP contribution in [0.15, 0.2) is 0 Å². The molecule has 24 heavy (non-hydrogen) atoms. The molecule has 0 amide bonds. The van der Waals surface area contributed by atoms with Gasteiger partial charge >= 0.3 is 17.9 Å². The van der Waals surface area contributed by atoms with Crippen LogP contribution in [0.4, 0.5) is 0 Å². The Morgan fingerprint density at radius 2 is 1.00 bits per heavy atom. The molecule has 144 valence electrons. The summed E-state index contributed by atoms with van der Waals surface area (Å²) in [4.78, 5) is 51.4. The van der Waals surface area contributed by atoms with E-state index < -0.39 is 17.9 Å². The predicted octanol–water partition coefficient (Wildman–Crippen LogP) is 2.47. The van der Waals surface area contributed by atoms with Gasteiger partial charge in [0.15, 0.2) is 0 Å². The van der Waals surface area contributed by atoms with Crippen molar-refractivity contribution in [2.75, 3.05) is 0 Å². The molecule has 9 nitrogen and oxygen atoms in total. The fourth-order valence-corrected chi connectivity index (χ4v) is 0.366. The van der Waals surface area contributed by atoms with Crippen molar-refractivity contribution >= 4 is 23.7 Å². The highest BCUT2D eigenvalue weighted by molar-refractivity contribution is 5.82. The first-order chi connectivity index (χ1) is 10.8. The number of ketones is 1. The molecule has 0 aromatic heterocycles. The average Bonchev–Trinajstić information content (AvgIpc) is 2.35. The minimum atomic E-state index is -0.562. The van der Waals surface area contributed by atoms with Gasteiger partial charge in [-0.3, -0.25) is 19.7 Å². The van der Waals surface area contributed by atoms with E-state index in [0.29, 0.717) is 0 Å². The topological polar surface area (TPSA) is 125 Å². The first-order valence-electron chi connectivity index (χ1n) is 7.06. The van der Waals surface area contributed by atoms with Crippen LogP contribution >= 0.6 is 0 Å². The van der Waals surface area contributed by atoms with E-state index in [2.05, 4.69) is 19.4 Å². The monoisotopic (exact) mass is 354 g/mol. The molecule has 0 aliphatic heterocycles. The predicted molar refractivity (Wildman–Crippen MR) is 85.6 cm³/mol. The summed E-state index contributed by atoms with van der Waals surface area (Å²) in [5.74, 6) is -1.38. The highest BCUT2D eigenvalue weighted by Gasteiger charge is 1.95. The summed E-state index contributed by atoms with van der Waals surface area (Å²) in [6.07, 6.45) is -0.117. The van der Waals surface area contributed by atoms with Crippen molar-refractivity contribution in [2.45, 2.75) is 74.5 Å². The van der Waals surface area contributed by atoms with Gasteiger partial charge in [0.25, 0.3) is 0 Å². The van der Waals surface area contributed by atoms with Crippen LogP contribution in [-0.4, -0.2) is 41.2 Å². The molecule has 0 unspecified atom stereocenters. The van der Waals surface area contributed by atoms with Gasteiger partial charge in [-0.25, -0.2) is 9.68 Å². The third-order valence-electron chi connectivity index (χ3n) is 0.856. The highest BCUT2D eigenvalue weighted by atomic mass is 17.2. The van der Waals surface area contributed by atoms with E-state index in [-0.39, 0.29) is 18.0 Å². The molecule has 0 atom stereocenters. The van der Waals surface area contributed by atoms with Gasteiger partial charge in [-0.15, -0.1) is 0 Å². The van der Waals surface area contributed by atoms with Crippen LogP contribution in [0.25, 0.3) is 0 Å². The Labute approximate surface area is 143 Å². The van der Waals surface area contributed by atoms with Gasteiger partial charge in [0.1, 0.15) is 5.78 Å². The number of Topliss-reactive ketones (excluding diaryl/α,β-unsaturated/α-hetero) is 1. The molecule has 0 aromatic carbocycles. The molecular weight excluding hydrogens is 324 g/mol. The molecule has 0 rings (SSSR count). The summed E-state index contributed by atoms with van der Waals surface area (Å²) in [5, 5.41) is 7.64. The minimum absolute atomic E-state index is 0.0566. The van der Waals surface area contributed by atoms with Gasteiger partial charge in [0.05, 0.1) is 12.2 Å². The van der Waals surface area contributed by atoms with E-state index in [9.17, 15) is 19.2 Å². The SMILES string of the molecule is CC(=O)OC(C)=O.CC(=O)OOC(C)C.CC(C)=O.CC(C)OO. The van der Waals surface area contributed by atoms with Crippen LogP contribution in [0.5, 0.6) is 0 Å². The van der Waals surface area contributed by atoms with Crippen molar-refractivity contribution in [1.82, 2.24) is 0 Å². The summed E-state index contributed by atoms with van der Waals surface area (Å²) < 4.78 is 3.97. The van der Waals surface area contributed by atoms with Gasteiger partial charge in [0, 0.05) is 20.8 Å². The summed E-state index contributed by atoms with van der Waals surface area (Å²) in [7, 11) is 0. The number of rotatable bonds is 3. The Kier molecular flexibility index (Phi) is 26.5. The molecule has 0 spiro atoms. The second kappa shape index (κ2) is 21.2. The number of esters is 2. The number of carbonyl (C=O) groups is 4. The first-order valence-corrected chi connectivity index (χ1v) is 7.06. The lowest BCUT2D eigenvalue weighted by molar-refractivity contribution is -0.289. The summed E-state index contributed by atoms with van der Waals surface area (Å²) in [5.41, 5.74) is 0. The zero-order valence-corrected chi connectivity index (χ0v) is 15.9. The van der Waals surface area contributed by atoms with Gasteiger partial charge in [-0.05, 0) is 41.5 Å². The van der Waals surface area contributed by atoms with Crippen LogP contribution in [0.2, 0.25) is 0 Å². The summed E-state index contributed by atoms with van der Waals surface area (Å²) >= 11 is 0. The van der Waals surface area contributed by atoms with E-state index in [4.69, 9.17) is 5.26 Å². The van der Waals surface area contributed by atoms with Crippen molar-refractivity contribution < 1.29 is 43.8 Å². The zero-order valence-electron chi connectivity index (χ0n) is 15.9. The molecule has 0 heterocycles. The van der Waals surface area contributed by atoms with Gasteiger partial charge in [-0.1, -0.05) is 0 Å². The molecule has 9 heteroatoms. The minimum Gasteiger partial charge on any atom is -0.394 e. The Morgan fingerprint density at radius 3 is 1.04 bits per heavy atom. The lowest BCUT2D eigenvalue weighted by atomic mass is 10.5. The Bertz CT molecular complexity index is 333. The fourth-order valence-electron chi connectivity index (χ4n) is 0.366. The number of hydrogen-bond acceptors (Lipinski definition) is 9. The largest absolute Gasteiger partial charge is 0.394 e. The molecule has 1 N–H and O–H groups in total. The lowest BCUT2D eigenvalue weighted by Gasteiger charge is -2.01. The van der Waals surface area contributed by atoms with Crippen molar-refractivity contribution in [3.8, 4) is 0 Å². The van der Waals surface area contributed by atoms with E-state index in [0.717, 1.165) is 0 Å². The third-order valence-corrected chi connectivity index (χ3v) is 0.856. The van der Waals surface area contributed by atoms with E-state index in [1.807, 2.05) is 0 Å². The van der Waals surface area contributed by atoms with Crippen molar-refractivity contribution in [2.24, 2.45) is 0 Å². The molecule has 0 aliphatic rings. The van der Waals surface area contributed by atoms with Gasteiger partial charge in [-0.2, -0.15) is 4.89 Å². The molecule has 0 aromatic rings. The van der Waals surface area contributed by atoms with Crippen LogP contribution in [0, 0.1) is 0 Å². The maximum Gasteiger partial charge on any atom is 0.339 e. The normalized spacial score (nSPS) is 8.50. The van der Waals surface area contributed by atoms with Gasteiger partial charge in [0.2, 0.25) is 0 Å². The maximum atomic E-state index is 10.0. The second-order valence-corrected chi connectivity index (χ2v) is 4.87. The smallest absolute Gasteiger partial charge is 0.339 e. The van der Waals surface area contributed by atoms with Crippen molar-refractivity contribution in [3.05, 3.63) is 0 Å². The number of hydrogen-bond donors (Lipinski definition) is 1. The zero-order chi connectivity index (χ0) is 20.3. The Morgan fingerprint density at radius 1 is 0.708 bits per heavy atom. The van der Waals surface area contributed by atoms with E-state index in [1.165, 1.54) is 34.6 Å². The van der Waals surface area contributed by atoms with E-state index in [1.54, 1.807) is 27.7 Å². The highest BCUT2D eigenvalue weighted by Crippen LogP contribution is 1.87. The molecule has 0 bridgehead atoms. The summed E-state index contributed by atoms with van der Waals surface area (Å²) in [6, 6.07) is 0. The number of carbonyl (C=O) groups excluding carboxylic acids is 4. The van der Waals surface area contributed by atoms with Crippen LogP contribution in [-0.2, 0) is 38.6 Å². The second-order valence-electron chi connectivity index (χ2n) is 4.87. The molecule has 0 radical (unpaired) electrons.